The zero-order valence-electron chi connectivity index (χ0n) is 16.3. The Bertz CT molecular complexity index is 1350. The molecule has 2 saturated carbocycles. The molecular formula is C20H7BrCl11NO2. The van der Waals surface area contributed by atoms with Crippen molar-refractivity contribution in [2.75, 3.05) is 0 Å². The van der Waals surface area contributed by atoms with Gasteiger partial charge in [0.25, 0.3) is 5.69 Å². The number of fused-ring (bicyclic) bond motifs is 14. The number of hydrogen-bond acceptors (Lipinski definition) is 2. The monoisotopic (exact) mass is 757 g/mol. The van der Waals surface area contributed by atoms with Crippen molar-refractivity contribution in [1.82, 2.24) is 0 Å². The van der Waals surface area contributed by atoms with Gasteiger partial charge >= 0.3 is 0 Å². The summed E-state index contributed by atoms with van der Waals surface area (Å²) in [5, 5.41) is 12.0. The van der Waals surface area contributed by atoms with E-state index in [4.69, 9.17) is 128 Å². The molecule has 0 saturated heterocycles. The number of nitro groups is 1. The summed E-state index contributed by atoms with van der Waals surface area (Å²) >= 11 is 79.3. The second-order valence-corrected chi connectivity index (χ2v) is 16.2. The summed E-state index contributed by atoms with van der Waals surface area (Å²) in [4.78, 5) is 6.20. The van der Waals surface area contributed by atoms with E-state index in [0.717, 1.165) is 0 Å². The van der Waals surface area contributed by atoms with E-state index in [9.17, 15) is 10.1 Å². The molecule has 0 aromatic heterocycles. The quantitative estimate of drug-likeness (QED) is 0.163. The summed E-state index contributed by atoms with van der Waals surface area (Å²) in [5.74, 6) is -3.76. The van der Waals surface area contributed by atoms with Crippen LogP contribution in [0.5, 0.6) is 0 Å². The molecule has 0 spiro atoms. The molecular weight excluding hydrogens is 756 g/mol. The zero-order chi connectivity index (χ0) is 26.0. The van der Waals surface area contributed by atoms with Gasteiger partial charge in [-0.3, -0.25) is 10.1 Å². The van der Waals surface area contributed by atoms with E-state index in [-0.39, 0.29) is 30.3 Å². The fraction of sp³-hybridized carbons (Fsp3) is 0.500. The van der Waals surface area contributed by atoms with Gasteiger partial charge in [0.15, 0.2) is 8.67 Å². The molecule has 188 valence electrons. The summed E-state index contributed by atoms with van der Waals surface area (Å²) in [5.41, 5.74) is 0.862. The van der Waals surface area contributed by atoms with Gasteiger partial charge in [0, 0.05) is 34.8 Å². The van der Waals surface area contributed by atoms with Gasteiger partial charge in [-0.1, -0.05) is 92.8 Å². The molecule has 1 aromatic carbocycles. The smallest absolute Gasteiger partial charge is 0.258 e. The molecule has 4 bridgehead atoms. The average molecular weight is 763 g/mol. The number of benzene rings is 1. The second-order valence-electron chi connectivity index (χ2n) is 9.34. The van der Waals surface area contributed by atoms with Crippen LogP contribution in [0.2, 0.25) is 0 Å². The van der Waals surface area contributed by atoms with Crippen LogP contribution >= 0.6 is 144 Å². The molecule has 5 aliphatic rings. The van der Waals surface area contributed by atoms with Crippen molar-refractivity contribution in [2.45, 2.75) is 35.1 Å². The number of alkyl halides is 7. The molecule has 0 aliphatic heterocycles. The number of nitro benzene ring substituents is 1. The first-order valence-electron chi connectivity index (χ1n) is 9.87. The summed E-state index contributed by atoms with van der Waals surface area (Å²) < 4.78 is -3.40. The van der Waals surface area contributed by atoms with Crippen molar-refractivity contribution in [3.63, 3.8) is 0 Å². The van der Waals surface area contributed by atoms with Gasteiger partial charge < -0.3 is 0 Å². The van der Waals surface area contributed by atoms with Gasteiger partial charge in [0.2, 0.25) is 0 Å². The summed E-state index contributed by atoms with van der Waals surface area (Å²) in [6.07, 6.45) is 0. The molecule has 6 rings (SSSR count). The van der Waals surface area contributed by atoms with E-state index in [1.54, 1.807) is 6.07 Å². The van der Waals surface area contributed by atoms with Crippen LogP contribution in [0, 0.1) is 27.9 Å². The van der Waals surface area contributed by atoms with Crippen molar-refractivity contribution in [2.24, 2.45) is 17.8 Å². The van der Waals surface area contributed by atoms with E-state index >= 15 is 0 Å². The molecule has 0 unspecified atom stereocenters. The minimum atomic E-state index is -1.95. The number of allylic oxidation sites excluding steroid dienone is 4. The maximum Gasteiger partial charge on any atom is 0.283 e. The minimum absolute atomic E-state index is 0.0418. The van der Waals surface area contributed by atoms with Crippen LogP contribution in [0.1, 0.15) is 23.0 Å². The summed E-state index contributed by atoms with van der Waals surface area (Å²) in [6, 6.07) is 3.01. The Hall–Kier alpha value is 1.77. The Balaban J connectivity index is 1.78. The highest BCUT2D eigenvalue weighted by molar-refractivity contribution is 9.10. The number of hydrogen-bond donors (Lipinski definition) is 0. The highest BCUT2D eigenvalue weighted by atomic mass is 79.9. The predicted molar refractivity (Wildman–Crippen MR) is 149 cm³/mol. The molecule has 2 fully saturated rings. The molecule has 35 heavy (non-hydrogen) atoms. The summed E-state index contributed by atoms with van der Waals surface area (Å²) in [7, 11) is 0. The van der Waals surface area contributed by atoms with Crippen LogP contribution in [0.25, 0.3) is 0 Å². The third kappa shape index (κ3) is 2.54. The number of halogens is 12. The number of nitrogens with zero attached hydrogens (tertiary/aromatic N) is 1. The molecule has 1 aromatic rings. The first-order chi connectivity index (χ1) is 15.9. The van der Waals surface area contributed by atoms with Crippen molar-refractivity contribution in [3.05, 3.63) is 58.0 Å². The lowest BCUT2D eigenvalue weighted by Crippen LogP contribution is -2.53. The van der Waals surface area contributed by atoms with Crippen molar-refractivity contribution in [1.29, 1.82) is 0 Å². The zero-order valence-corrected chi connectivity index (χ0v) is 26.2. The lowest BCUT2D eigenvalue weighted by Gasteiger charge is -2.52. The third-order valence-electron chi connectivity index (χ3n) is 8.31. The van der Waals surface area contributed by atoms with E-state index < -0.39 is 57.8 Å². The number of rotatable bonds is 1. The SMILES string of the molecule is O=[N+]([O-])c1cc2c(cc1Br)[C@H]1[C@@H]([C@@H]3[C@@H]2[C@]2(Cl)C(Cl)=C(Cl)[C@]3(Cl)C2(Cl)Cl)[C@]2(Cl)C(Cl)=C(Cl)[C@@H]1C2(Cl)Cl. The molecule has 8 atom stereocenters. The highest BCUT2D eigenvalue weighted by Crippen LogP contribution is 2.87. The van der Waals surface area contributed by atoms with Gasteiger partial charge in [-0.2, -0.15) is 0 Å². The molecule has 0 heterocycles. The van der Waals surface area contributed by atoms with Crippen LogP contribution in [0.15, 0.2) is 36.7 Å². The fourth-order valence-corrected chi connectivity index (χ4v) is 13.1. The predicted octanol–water partition coefficient (Wildman–Crippen LogP) is 10.1. The standard InChI is InChI=1S/C20H7BrCl11NO2/c21-5-1-3-4(2-6(5)33(34)35)8-11(18(28)15(25)14(24)17(8,27)20(18,31)32)9-7(3)10-12(22)13(23)16(9,26)19(10,29)30/h1-2,7-11H/t7-,8+,9-,10+,11-,16-,17-,18-/m0/s1. The topological polar surface area (TPSA) is 43.1 Å². The lowest BCUT2D eigenvalue weighted by atomic mass is 9.57. The lowest BCUT2D eigenvalue weighted by molar-refractivity contribution is -0.385. The Morgan fingerprint density at radius 3 is 1.91 bits per heavy atom. The average Bonchev–Trinajstić information content (AvgIpc) is 3.14. The Labute approximate surface area is 262 Å². The van der Waals surface area contributed by atoms with Crippen molar-refractivity contribution >= 4 is 149 Å². The Kier molecular flexibility index (Phi) is 5.80. The molecule has 0 radical (unpaired) electrons. The van der Waals surface area contributed by atoms with Crippen molar-refractivity contribution < 1.29 is 4.92 Å². The molecule has 3 nitrogen and oxygen atoms in total. The van der Waals surface area contributed by atoms with Gasteiger partial charge in [-0.05, 0) is 39.0 Å². The third-order valence-corrected chi connectivity index (χ3v) is 16.3. The first-order valence-corrected chi connectivity index (χ1v) is 14.8. The van der Waals surface area contributed by atoms with Crippen molar-refractivity contribution in [3.8, 4) is 0 Å². The normalized spacial score (nSPS) is 45.7. The van der Waals surface area contributed by atoms with E-state index in [0.29, 0.717) is 11.1 Å². The second kappa shape index (κ2) is 7.53. The Morgan fingerprint density at radius 1 is 0.771 bits per heavy atom. The maximum atomic E-state index is 11.8. The molecule has 5 aliphatic carbocycles. The fourth-order valence-electron chi connectivity index (χ4n) is 7.07. The van der Waals surface area contributed by atoms with Gasteiger partial charge in [-0.15, -0.1) is 34.8 Å². The summed E-state index contributed by atoms with van der Waals surface area (Å²) in [6.45, 7) is 0. The molecule has 15 heteroatoms. The van der Waals surface area contributed by atoms with Crippen LogP contribution in [-0.4, -0.2) is 28.2 Å². The highest BCUT2D eigenvalue weighted by Gasteiger charge is 2.89. The van der Waals surface area contributed by atoms with Gasteiger partial charge in [0.1, 0.15) is 14.6 Å². The van der Waals surface area contributed by atoms with Crippen LogP contribution < -0.4 is 0 Å². The molecule has 0 N–H and O–H groups in total. The Morgan fingerprint density at radius 2 is 1.34 bits per heavy atom. The van der Waals surface area contributed by atoms with E-state index in [2.05, 4.69) is 15.9 Å². The van der Waals surface area contributed by atoms with Crippen LogP contribution in [-0.2, 0) is 0 Å². The van der Waals surface area contributed by atoms with Crippen LogP contribution in [0.4, 0.5) is 5.69 Å². The first kappa shape index (κ1) is 27.0. The molecule has 0 amide bonds. The maximum absolute atomic E-state index is 11.8. The largest absolute Gasteiger partial charge is 0.283 e. The van der Waals surface area contributed by atoms with Gasteiger partial charge in [0.05, 0.1) is 24.5 Å². The van der Waals surface area contributed by atoms with Crippen LogP contribution in [0.3, 0.4) is 0 Å². The van der Waals surface area contributed by atoms with E-state index in [1.807, 2.05) is 0 Å². The minimum Gasteiger partial charge on any atom is -0.258 e. The van der Waals surface area contributed by atoms with E-state index in [1.165, 1.54) is 6.07 Å². The van der Waals surface area contributed by atoms with Gasteiger partial charge in [-0.25, -0.2) is 0 Å².